The number of nitrogens with one attached hydrogen (secondary N) is 1. The SMILES string of the molecule is C1COCC(CC2NCCO2)C1.Cl. The molecule has 78 valence electrons. The molecule has 4 heteroatoms. The molecule has 13 heavy (non-hydrogen) atoms. The summed E-state index contributed by atoms with van der Waals surface area (Å²) in [4.78, 5) is 0. The number of ether oxygens (including phenoxy) is 2. The van der Waals surface area contributed by atoms with Gasteiger partial charge in [0.15, 0.2) is 0 Å². The van der Waals surface area contributed by atoms with E-state index < -0.39 is 0 Å². The van der Waals surface area contributed by atoms with Crippen LogP contribution in [0.25, 0.3) is 0 Å². The molecule has 0 radical (unpaired) electrons. The third-order valence-corrected chi connectivity index (χ3v) is 2.60. The molecule has 0 aromatic rings. The molecule has 2 heterocycles. The lowest BCUT2D eigenvalue weighted by Crippen LogP contribution is -2.29. The van der Waals surface area contributed by atoms with Crippen LogP contribution in [0.5, 0.6) is 0 Å². The van der Waals surface area contributed by atoms with Crippen LogP contribution in [0, 0.1) is 5.92 Å². The maximum Gasteiger partial charge on any atom is 0.108 e. The second-order valence-electron chi connectivity index (χ2n) is 3.63. The Balaban J connectivity index is 0.000000845. The predicted molar refractivity (Wildman–Crippen MR) is 53.2 cm³/mol. The van der Waals surface area contributed by atoms with Crippen molar-refractivity contribution in [2.75, 3.05) is 26.4 Å². The summed E-state index contributed by atoms with van der Waals surface area (Å²) < 4.78 is 10.9. The Hall–Kier alpha value is 0.170. The van der Waals surface area contributed by atoms with E-state index in [2.05, 4.69) is 5.32 Å². The first kappa shape index (κ1) is 11.2. The Morgan fingerprint density at radius 1 is 1.31 bits per heavy atom. The number of hydrogen-bond acceptors (Lipinski definition) is 3. The Morgan fingerprint density at radius 3 is 2.85 bits per heavy atom. The molecule has 3 nitrogen and oxygen atoms in total. The zero-order valence-electron chi connectivity index (χ0n) is 7.83. The van der Waals surface area contributed by atoms with Gasteiger partial charge in [0.1, 0.15) is 6.23 Å². The van der Waals surface area contributed by atoms with Crippen LogP contribution in [0.3, 0.4) is 0 Å². The summed E-state index contributed by atoms with van der Waals surface area (Å²) >= 11 is 0. The molecule has 0 aromatic carbocycles. The van der Waals surface area contributed by atoms with Crippen molar-refractivity contribution < 1.29 is 9.47 Å². The van der Waals surface area contributed by atoms with Gasteiger partial charge in [-0.2, -0.15) is 0 Å². The van der Waals surface area contributed by atoms with E-state index in [4.69, 9.17) is 9.47 Å². The number of hydrogen-bond donors (Lipinski definition) is 1. The molecule has 0 aliphatic carbocycles. The molecular formula is C9H18ClNO2. The maximum absolute atomic E-state index is 5.49. The van der Waals surface area contributed by atoms with Gasteiger partial charge in [-0.25, -0.2) is 0 Å². The van der Waals surface area contributed by atoms with Crippen molar-refractivity contribution in [1.29, 1.82) is 0 Å². The maximum atomic E-state index is 5.49. The second kappa shape index (κ2) is 5.81. The van der Waals surface area contributed by atoms with Crippen LogP contribution in [-0.2, 0) is 9.47 Å². The van der Waals surface area contributed by atoms with Crippen molar-refractivity contribution in [2.45, 2.75) is 25.5 Å². The van der Waals surface area contributed by atoms with Crippen LogP contribution >= 0.6 is 12.4 Å². The number of rotatable bonds is 2. The van der Waals surface area contributed by atoms with E-state index in [-0.39, 0.29) is 12.4 Å². The molecule has 2 fully saturated rings. The van der Waals surface area contributed by atoms with Crippen LogP contribution in [0.1, 0.15) is 19.3 Å². The molecule has 2 rings (SSSR count). The third kappa shape index (κ3) is 3.43. The van der Waals surface area contributed by atoms with Gasteiger partial charge < -0.3 is 9.47 Å². The minimum atomic E-state index is 0. The average Bonchev–Trinajstić information content (AvgIpc) is 2.59. The van der Waals surface area contributed by atoms with Crippen molar-refractivity contribution in [2.24, 2.45) is 5.92 Å². The summed E-state index contributed by atoms with van der Waals surface area (Å²) in [7, 11) is 0. The fourth-order valence-electron chi connectivity index (χ4n) is 1.93. The molecule has 0 amide bonds. The van der Waals surface area contributed by atoms with Crippen LogP contribution < -0.4 is 5.32 Å². The summed E-state index contributed by atoms with van der Waals surface area (Å²) in [5, 5.41) is 3.33. The highest BCUT2D eigenvalue weighted by molar-refractivity contribution is 5.85. The Kier molecular flexibility index (Phi) is 5.02. The topological polar surface area (TPSA) is 30.5 Å². The molecule has 0 saturated carbocycles. The molecule has 1 N–H and O–H groups in total. The minimum Gasteiger partial charge on any atom is -0.381 e. The first-order valence-electron chi connectivity index (χ1n) is 4.88. The van der Waals surface area contributed by atoms with Gasteiger partial charge in [-0.1, -0.05) is 0 Å². The molecular weight excluding hydrogens is 190 g/mol. The first-order chi connectivity index (χ1) is 5.95. The summed E-state index contributed by atoms with van der Waals surface area (Å²) in [5.41, 5.74) is 0. The average molecular weight is 208 g/mol. The smallest absolute Gasteiger partial charge is 0.108 e. The highest BCUT2D eigenvalue weighted by Gasteiger charge is 2.21. The Morgan fingerprint density at radius 2 is 2.23 bits per heavy atom. The summed E-state index contributed by atoms with van der Waals surface area (Å²) in [5.74, 6) is 0.717. The molecule has 2 unspecified atom stereocenters. The molecule has 0 spiro atoms. The highest BCUT2D eigenvalue weighted by Crippen LogP contribution is 2.20. The van der Waals surface area contributed by atoms with Gasteiger partial charge in [-0.15, -0.1) is 12.4 Å². The number of halogens is 1. The van der Waals surface area contributed by atoms with Gasteiger partial charge in [0, 0.05) is 19.8 Å². The normalized spacial score (nSPS) is 34.2. The van der Waals surface area contributed by atoms with E-state index >= 15 is 0 Å². The van der Waals surface area contributed by atoms with Gasteiger partial charge in [-0.05, 0) is 25.2 Å². The van der Waals surface area contributed by atoms with Crippen molar-refractivity contribution in [3.05, 3.63) is 0 Å². The molecule has 2 atom stereocenters. The van der Waals surface area contributed by atoms with Gasteiger partial charge in [0.05, 0.1) is 6.61 Å². The van der Waals surface area contributed by atoms with E-state index in [1.54, 1.807) is 0 Å². The van der Waals surface area contributed by atoms with Gasteiger partial charge >= 0.3 is 0 Å². The quantitative estimate of drug-likeness (QED) is 0.738. The van der Waals surface area contributed by atoms with Crippen molar-refractivity contribution in [3.8, 4) is 0 Å². The van der Waals surface area contributed by atoms with E-state index in [1.807, 2.05) is 0 Å². The van der Waals surface area contributed by atoms with E-state index in [0.717, 1.165) is 32.8 Å². The lowest BCUT2D eigenvalue weighted by molar-refractivity contribution is 0.0163. The predicted octanol–water partition coefficient (Wildman–Crippen LogP) is 1.17. The fourth-order valence-corrected chi connectivity index (χ4v) is 1.93. The minimum absolute atomic E-state index is 0. The molecule has 0 bridgehead atoms. The van der Waals surface area contributed by atoms with Crippen LogP contribution in [0.4, 0.5) is 0 Å². The van der Waals surface area contributed by atoms with Crippen molar-refractivity contribution in [1.82, 2.24) is 5.32 Å². The summed E-state index contributed by atoms with van der Waals surface area (Å²) in [6, 6.07) is 0. The van der Waals surface area contributed by atoms with Crippen LogP contribution in [0.2, 0.25) is 0 Å². The van der Waals surface area contributed by atoms with Gasteiger partial charge in [-0.3, -0.25) is 5.32 Å². The van der Waals surface area contributed by atoms with Gasteiger partial charge in [0.2, 0.25) is 0 Å². The lowest BCUT2D eigenvalue weighted by Gasteiger charge is -2.24. The van der Waals surface area contributed by atoms with Crippen LogP contribution in [-0.4, -0.2) is 32.6 Å². The second-order valence-corrected chi connectivity index (χ2v) is 3.63. The largest absolute Gasteiger partial charge is 0.381 e. The fraction of sp³-hybridized carbons (Fsp3) is 1.00. The first-order valence-corrected chi connectivity index (χ1v) is 4.88. The molecule has 0 aromatic heterocycles. The lowest BCUT2D eigenvalue weighted by atomic mass is 9.98. The summed E-state index contributed by atoms with van der Waals surface area (Å²) in [6.45, 7) is 3.77. The molecule has 2 aliphatic heterocycles. The Labute approximate surface area is 85.6 Å². The van der Waals surface area contributed by atoms with Crippen LogP contribution in [0.15, 0.2) is 0 Å². The zero-order chi connectivity index (χ0) is 8.23. The van der Waals surface area contributed by atoms with E-state index in [9.17, 15) is 0 Å². The monoisotopic (exact) mass is 207 g/mol. The third-order valence-electron chi connectivity index (χ3n) is 2.60. The zero-order valence-corrected chi connectivity index (χ0v) is 8.65. The summed E-state index contributed by atoms with van der Waals surface area (Å²) in [6.07, 6.45) is 3.95. The van der Waals surface area contributed by atoms with Gasteiger partial charge in [0.25, 0.3) is 0 Å². The Bertz CT molecular complexity index is 134. The standard InChI is InChI=1S/C9H17NO2.ClH/c1-2-8(7-11-4-1)6-9-10-3-5-12-9;/h8-10H,1-7H2;1H. The van der Waals surface area contributed by atoms with E-state index in [0.29, 0.717) is 12.1 Å². The molecule has 2 aliphatic rings. The van der Waals surface area contributed by atoms with E-state index in [1.165, 1.54) is 12.8 Å². The molecule has 2 saturated heterocycles. The van der Waals surface area contributed by atoms with Crippen molar-refractivity contribution >= 4 is 12.4 Å². The highest BCUT2D eigenvalue weighted by atomic mass is 35.5. The van der Waals surface area contributed by atoms with Crippen molar-refractivity contribution in [3.63, 3.8) is 0 Å².